The second-order valence-electron chi connectivity index (χ2n) is 4.83. The number of hydrogen-bond donors (Lipinski definition) is 1. The molecule has 1 atom stereocenters. The van der Waals surface area contributed by atoms with Crippen molar-refractivity contribution in [3.63, 3.8) is 0 Å². The van der Waals surface area contributed by atoms with E-state index in [1.54, 1.807) is 6.07 Å². The topological polar surface area (TPSA) is 59.5 Å². The molecule has 2 heterocycles. The van der Waals surface area contributed by atoms with Crippen LogP contribution >= 0.6 is 11.8 Å². The molecule has 1 aliphatic rings. The normalized spacial score (nSPS) is 20.3. The lowest BCUT2D eigenvalue weighted by molar-refractivity contribution is 0.0762. The predicted molar refractivity (Wildman–Crippen MR) is 78.3 cm³/mol. The second kappa shape index (κ2) is 7.01. The highest BCUT2D eigenvalue weighted by atomic mass is 32.2. The van der Waals surface area contributed by atoms with Crippen LogP contribution in [0.15, 0.2) is 16.7 Å². The Labute approximate surface area is 118 Å². The van der Waals surface area contributed by atoms with Crippen molar-refractivity contribution >= 4 is 17.7 Å². The van der Waals surface area contributed by atoms with Crippen LogP contribution in [0, 0.1) is 0 Å². The van der Waals surface area contributed by atoms with Crippen LogP contribution in [-0.4, -0.2) is 34.9 Å². The Kier molecular flexibility index (Phi) is 5.34. The number of amides is 1. The van der Waals surface area contributed by atoms with Crippen molar-refractivity contribution in [1.29, 1.82) is 0 Å². The molecule has 1 fully saturated rings. The summed E-state index contributed by atoms with van der Waals surface area (Å²) in [7, 11) is 0. The molecule has 0 aliphatic carbocycles. The second-order valence-corrected chi connectivity index (χ2v) is 6.41. The molecule has 19 heavy (non-hydrogen) atoms. The van der Waals surface area contributed by atoms with Crippen LogP contribution < -0.4 is 5.73 Å². The van der Waals surface area contributed by atoms with Gasteiger partial charge in [0.25, 0.3) is 5.91 Å². The molecule has 2 N–H and O–H groups in total. The molecule has 1 saturated heterocycles. The highest BCUT2D eigenvalue weighted by Crippen LogP contribution is 2.23. The van der Waals surface area contributed by atoms with Crippen LogP contribution in [0.5, 0.6) is 0 Å². The first-order valence-corrected chi connectivity index (χ1v) is 7.97. The van der Waals surface area contributed by atoms with E-state index in [-0.39, 0.29) is 5.91 Å². The van der Waals surface area contributed by atoms with Gasteiger partial charge in [0.05, 0.1) is 12.1 Å². The monoisotopic (exact) mass is 282 g/mol. The molecule has 1 amide bonds. The third-order valence-corrected chi connectivity index (χ3v) is 4.61. The summed E-state index contributed by atoms with van der Waals surface area (Å²) in [5, 5.41) is 0.567. The van der Waals surface area contributed by atoms with Gasteiger partial charge in [-0.2, -0.15) is 11.8 Å². The van der Waals surface area contributed by atoms with Gasteiger partial charge in [-0.05, 0) is 24.7 Å². The number of hydrogen-bond acceptors (Lipinski definition) is 4. The molecule has 1 aromatic rings. The summed E-state index contributed by atoms with van der Waals surface area (Å²) in [5.74, 6) is 1.85. The lowest BCUT2D eigenvalue weighted by atomic mass is 10.2. The Bertz CT molecular complexity index is 419. The largest absolute Gasteiger partial charge is 0.467 e. The van der Waals surface area contributed by atoms with Gasteiger partial charge in [-0.1, -0.05) is 13.3 Å². The van der Waals surface area contributed by atoms with Gasteiger partial charge in [0.15, 0.2) is 0 Å². The van der Waals surface area contributed by atoms with Gasteiger partial charge in [0.1, 0.15) is 12.0 Å². The van der Waals surface area contributed by atoms with E-state index in [1.807, 2.05) is 16.7 Å². The standard InChI is InChI=1S/C14H22N2O2S/c1-2-19-13-5-3-4-6-16(9-13)14(17)11-7-12(8-15)18-10-11/h7,10,13H,2-6,8-9,15H2,1H3. The van der Waals surface area contributed by atoms with Crippen molar-refractivity contribution < 1.29 is 9.21 Å². The van der Waals surface area contributed by atoms with Crippen LogP contribution in [-0.2, 0) is 6.54 Å². The quantitative estimate of drug-likeness (QED) is 0.921. The number of thioether (sulfide) groups is 1. The maximum atomic E-state index is 12.4. The van der Waals surface area contributed by atoms with E-state index in [0.717, 1.165) is 25.3 Å². The minimum atomic E-state index is 0.0760. The van der Waals surface area contributed by atoms with Gasteiger partial charge in [-0.15, -0.1) is 0 Å². The fourth-order valence-electron chi connectivity index (χ4n) is 2.44. The molecule has 0 radical (unpaired) electrons. The Morgan fingerprint density at radius 3 is 3.11 bits per heavy atom. The SMILES string of the molecule is CCSC1CCCCN(C(=O)c2coc(CN)c2)C1. The summed E-state index contributed by atoms with van der Waals surface area (Å²) in [5.41, 5.74) is 6.13. The zero-order valence-corrected chi connectivity index (χ0v) is 12.2. The van der Waals surface area contributed by atoms with Crippen LogP contribution in [0.4, 0.5) is 0 Å². The third-order valence-electron chi connectivity index (χ3n) is 3.42. The molecule has 5 heteroatoms. The Morgan fingerprint density at radius 1 is 1.58 bits per heavy atom. The van der Waals surface area contributed by atoms with E-state index in [2.05, 4.69) is 6.92 Å². The maximum absolute atomic E-state index is 12.4. The summed E-state index contributed by atoms with van der Waals surface area (Å²) in [6.45, 7) is 4.20. The fourth-order valence-corrected chi connectivity index (χ4v) is 3.53. The molecule has 106 valence electrons. The average molecular weight is 282 g/mol. The zero-order chi connectivity index (χ0) is 13.7. The molecule has 4 nitrogen and oxygen atoms in total. The lowest BCUT2D eigenvalue weighted by Gasteiger charge is -2.23. The van der Waals surface area contributed by atoms with E-state index in [0.29, 0.717) is 23.1 Å². The molecule has 1 aliphatic heterocycles. The number of carbonyl (C=O) groups excluding carboxylic acids is 1. The van der Waals surface area contributed by atoms with Gasteiger partial charge in [0, 0.05) is 18.3 Å². The predicted octanol–water partition coefficient (Wildman–Crippen LogP) is 2.49. The van der Waals surface area contributed by atoms with Gasteiger partial charge >= 0.3 is 0 Å². The zero-order valence-electron chi connectivity index (χ0n) is 11.4. The number of furan rings is 1. The third kappa shape index (κ3) is 3.76. The highest BCUT2D eigenvalue weighted by Gasteiger charge is 2.23. The first kappa shape index (κ1) is 14.5. The van der Waals surface area contributed by atoms with Crippen molar-refractivity contribution in [2.75, 3.05) is 18.8 Å². The van der Waals surface area contributed by atoms with Crippen LogP contribution in [0.25, 0.3) is 0 Å². The Balaban J connectivity index is 2.03. The minimum Gasteiger partial charge on any atom is -0.467 e. The summed E-state index contributed by atoms with van der Waals surface area (Å²) < 4.78 is 5.25. The lowest BCUT2D eigenvalue weighted by Crippen LogP contribution is -2.35. The maximum Gasteiger partial charge on any atom is 0.257 e. The smallest absolute Gasteiger partial charge is 0.257 e. The number of rotatable bonds is 4. The Morgan fingerprint density at radius 2 is 2.42 bits per heavy atom. The van der Waals surface area contributed by atoms with E-state index in [4.69, 9.17) is 10.2 Å². The van der Waals surface area contributed by atoms with Crippen molar-refractivity contribution in [3.8, 4) is 0 Å². The van der Waals surface area contributed by atoms with Crippen LogP contribution in [0.3, 0.4) is 0 Å². The van der Waals surface area contributed by atoms with E-state index >= 15 is 0 Å². The number of carbonyl (C=O) groups is 1. The van der Waals surface area contributed by atoms with Gasteiger partial charge < -0.3 is 15.1 Å². The first-order chi connectivity index (χ1) is 9.24. The van der Waals surface area contributed by atoms with Crippen molar-refractivity contribution in [3.05, 3.63) is 23.7 Å². The van der Waals surface area contributed by atoms with E-state index in [9.17, 15) is 4.79 Å². The first-order valence-electron chi connectivity index (χ1n) is 6.93. The summed E-state index contributed by atoms with van der Waals surface area (Å²) in [6.07, 6.45) is 5.04. The van der Waals surface area contributed by atoms with Crippen LogP contribution in [0.2, 0.25) is 0 Å². The Hall–Kier alpha value is -0.940. The molecule has 0 spiro atoms. The molecule has 1 aromatic heterocycles. The van der Waals surface area contributed by atoms with E-state index < -0.39 is 0 Å². The van der Waals surface area contributed by atoms with Crippen molar-refractivity contribution in [2.24, 2.45) is 5.73 Å². The molecular formula is C14H22N2O2S. The van der Waals surface area contributed by atoms with Crippen molar-refractivity contribution in [2.45, 2.75) is 38.0 Å². The number of likely N-dealkylation sites (tertiary alicyclic amines) is 1. The molecular weight excluding hydrogens is 260 g/mol. The van der Waals surface area contributed by atoms with Crippen LogP contribution in [0.1, 0.15) is 42.3 Å². The molecule has 2 rings (SSSR count). The minimum absolute atomic E-state index is 0.0760. The highest BCUT2D eigenvalue weighted by molar-refractivity contribution is 7.99. The molecule has 0 aromatic carbocycles. The average Bonchev–Trinajstić information content (AvgIpc) is 2.78. The van der Waals surface area contributed by atoms with Gasteiger partial charge in [0.2, 0.25) is 0 Å². The summed E-state index contributed by atoms with van der Waals surface area (Å²) in [6, 6.07) is 1.76. The molecule has 0 bridgehead atoms. The molecule has 0 saturated carbocycles. The summed E-state index contributed by atoms with van der Waals surface area (Å²) >= 11 is 1.95. The number of nitrogens with zero attached hydrogens (tertiary/aromatic N) is 1. The molecule has 1 unspecified atom stereocenters. The fraction of sp³-hybridized carbons (Fsp3) is 0.643. The van der Waals surface area contributed by atoms with Gasteiger partial charge in [-0.3, -0.25) is 4.79 Å². The van der Waals surface area contributed by atoms with E-state index in [1.165, 1.54) is 19.1 Å². The summed E-state index contributed by atoms with van der Waals surface area (Å²) in [4.78, 5) is 14.4. The number of nitrogens with two attached hydrogens (primary N) is 1. The van der Waals surface area contributed by atoms with Gasteiger partial charge in [-0.25, -0.2) is 0 Å². The van der Waals surface area contributed by atoms with Crippen molar-refractivity contribution in [1.82, 2.24) is 4.90 Å².